The van der Waals surface area contributed by atoms with Crippen molar-refractivity contribution in [2.75, 3.05) is 0 Å². The molecule has 2 aromatic rings. The van der Waals surface area contributed by atoms with Crippen molar-refractivity contribution in [2.45, 2.75) is 39.8 Å². The topological polar surface area (TPSA) is 42.7 Å². The second kappa shape index (κ2) is 5.31. The Morgan fingerprint density at radius 3 is 2.74 bits per heavy atom. The van der Waals surface area contributed by atoms with Crippen molar-refractivity contribution in [1.29, 1.82) is 0 Å². The Labute approximate surface area is 118 Å². The van der Waals surface area contributed by atoms with Crippen LogP contribution in [-0.4, -0.2) is 20.5 Å². The first kappa shape index (κ1) is 14.0. The molecule has 0 amide bonds. The Morgan fingerprint density at radius 2 is 2.05 bits per heavy atom. The summed E-state index contributed by atoms with van der Waals surface area (Å²) >= 11 is 6.24. The largest absolute Gasteiger partial charge is 0.306 e. The lowest BCUT2D eigenvalue weighted by molar-refractivity contribution is 0.418. The molecule has 1 N–H and O–H groups in total. The van der Waals surface area contributed by atoms with E-state index in [1.807, 2.05) is 25.1 Å². The van der Waals surface area contributed by atoms with E-state index in [2.05, 4.69) is 36.4 Å². The number of hydrogen-bond donors (Lipinski definition) is 1. The van der Waals surface area contributed by atoms with Gasteiger partial charge in [0.25, 0.3) is 0 Å². The monoisotopic (exact) mass is 278 g/mol. The van der Waals surface area contributed by atoms with E-state index in [-0.39, 0.29) is 5.54 Å². The maximum absolute atomic E-state index is 6.24. The minimum absolute atomic E-state index is 0.0471. The van der Waals surface area contributed by atoms with Crippen LogP contribution in [0.5, 0.6) is 0 Å². The van der Waals surface area contributed by atoms with E-state index in [0.29, 0.717) is 11.6 Å². The molecule has 0 atom stereocenters. The zero-order valence-corrected chi connectivity index (χ0v) is 12.5. The van der Waals surface area contributed by atoms with E-state index >= 15 is 0 Å². The van der Waals surface area contributed by atoms with Crippen LogP contribution in [0.4, 0.5) is 0 Å². The highest BCUT2D eigenvalue weighted by molar-refractivity contribution is 6.32. The van der Waals surface area contributed by atoms with Crippen molar-refractivity contribution < 1.29 is 0 Å². The van der Waals surface area contributed by atoms with Gasteiger partial charge in [-0.25, -0.2) is 4.68 Å². The Balaban J connectivity index is 2.31. The Morgan fingerprint density at radius 1 is 1.32 bits per heavy atom. The molecule has 0 bridgehead atoms. The van der Waals surface area contributed by atoms with Crippen molar-refractivity contribution >= 4 is 11.6 Å². The fourth-order valence-corrected chi connectivity index (χ4v) is 1.92. The molecule has 19 heavy (non-hydrogen) atoms. The minimum Gasteiger partial charge on any atom is -0.306 e. The van der Waals surface area contributed by atoms with Gasteiger partial charge in [0.05, 0.1) is 22.6 Å². The smallest absolute Gasteiger partial charge is 0.0856 e. The number of nitrogens with zero attached hydrogens (tertiary/aromatic N) is 3. The van der Waals surface area contributed by atoms with Gasteiger partial charge in [-0.15, -0.1) is 5.10 Å². The summed E-state index contributed by atoms with van der Waals surface area (Å²) in [5, 5.41) is 12.2. The van der Waals surface area contributed by atoms with Gasteiger partial charge in [0.15, 0.2) is 0 Å². The van der Waals surface area contributed by atoms with Gasteiger partial charge in [-0.2, -0.15) is 0 Å². The van der Waals surface area contributed by atoms with Crippen LogP contribution in [-0.2, 0) is 6.54 Å². The van der Waals surface area contributed by atoms with Crippen molar-refractivity contribution in [3.63, 3.8) is 0 Å². The van der Waals surface area contributed by atoms with Crippen LogP contribution in [0.2, 0.25) is 5.02 Å². The second-order valence-corrected chi connectivity index (χ2v) is 6.10. The summed E-state index contributed by atoms with van der Waals surface area (Å²) < 4.78 is 1.79. The quantitative estimate of drug-likeness (QED) is 0.938. The van der Waals surface area contributed by atoms with Crippen LogP contribution < -0.4 is 5.32 Å². The molecule has 1 heterocycles. The van der Waals surface area contributed by atoms with Gasteiger partial charge >= 0.3 is 0 Å². The first-order chi connectivity index (χ1) is 8.87. The molecule has 0 spiro atoms. The first-order valence-corrected chi connectivity index (χ1v) is 6.66. The number of benzene rings is 1. The van der Waals surface area contributed by atoms with E-state index < -0.39 is 0 Å². The van der Waals surface area contributed by atoms with Crippen LogP contribution in [0.15, 0.2) is 24.4 Å². The second-order valence-electron chi connectivity index (χ2n) is 5.70. The maximum atomic E-state index is 6.24. The average molecular weight is 279 g/mol. The van der Waals surface area contributed by atoms with Crippen molar-refractivity contribution in [1.82, 2.24) is 20.3 Å². The molecule has 0 fully saturated rings. The molecule has 0 unspecified atom stereocenters. The lowest BCUT2D eigenvalue weighted by Gasteiger charge is -2.20. The highest BCUT2D eigenvalue weighted by Crippen LogP contribution is 2.22. The molecule has 102 valence electrons. The zero-order chi connectivity index (χ0) is 14.0. The van der Waals surface area contributed by atoms with Gasteiger partial charge in [-0.3, -0.25) is 0 Å². The molecule has 0 aliphatic rings. The number of aromatic nitrogens is 3. The van der Waals surface area contributed by atoms with Crippen molar-refractivity contribution in [3.8, 4) is 5.69 Å². The third kappa shape index (κ3) is 3.55. The molecule has 2 rings (SSSR count). The van der Waals surface area contributed by atoms with E-state index in [9.17, 15) is 0 Å². The van der Waals surface area contributed by atoms with E-state index in [1.165, 1.54) is 0 Å². The van der Waals surface area contributed by atoms with Gasteiger partial charge in [0.1, 0.15) is 0 Å². The predicted octanol–water partition coefficient (Wildman–Crippen LogP) is 3.12. The van der Waals surface area contributed by atoms with Crippen LogP contribution in [0.3, 0.4) is 0 Å². The molecule has 1 aromatic carbocycles. The number of aryl methyl sites for hydroxylation is 1. The Hall–Kier alpha value is -1.39. The summed E-state index contributed by atoms with van der Waals surface area (Å²) in [6, 6.07) is 5.88. The summed E-state index contributed by atoms with van der Waals surface area (Å²) in [5.74, 6) is 0. The number of nitrogens with one attached hydrogen (secondary N) is 1. The van der Waals surface area contributed by atoms with E-state index in [4.69, 9.17) is 11.6 Å². The number of rotatable bonds is 3. The highest BCUT2D eigenvalue weighted by Gasteiger charge is 2.13. The molecule has 5 heteroatoms. The Bertz CT molecular complexity index is 569. The third-order valence-electron chi connectivity index (χ3n) is 2.75. The van der Waals surface area contributed by atoms with E-state index in [0.717, 1.165) is 16.9 Å². The lowest BCUT2D eigenvalue weighted by atomic mass is 10.1. The van der Waals surface area contributed by atoms with Crippen LogP contribution >= 0.6 is 11.6 Å². The molecule has 0 saturated heterocycles. The van der Waals surface area contributed by atoms with Crippen LogP contribution in [0, 0.1) is 6.92 Å². The fourth-order valence-electron chi connectivity index (χ4n) is 1.72. The summed E-state index contributed by atoms with van der Waals surface area (Å²) in [7, 11) is 0. The summed E-state index contributed by atoms with van der Waals surface area (Å²) in [6.45, 7) is 9.10. The zero-order valence-electron chi connectivity index (χ0n) is 11.7. The molecule has 0 aliphatic carbocycles. The highest BCUT2D eigenvalue weighted by atomic mass is 35.5. The Kier molecular flexibility index (Phi) is 3.92. The van der Waals surface area contributed by atoms with Gasteiger partial charge in [0.2, 0.25) is 0 Å². The number of halogens is 1. The minimum atomic E-state index is 0.0471. The van der Waals surface area contributed by atoms with Crippen LogP contribution in [0.25, 0.3) is 5.69 Å². The normalized spacial score (nSPS) is 11.8. The molecule has 0 saturated carbocycles. The fraction of sp³-hybridized carbons (Fsp3) is 0.429. The SMILES string of the molecule is Cc1ccc(Cl)c(-n2nncc2CNC(C)(C)C)c1. The predicted molar refractivity (Wildman–Crippen MR) is 77.7 cm³/mol. The van der Waals surface area contributed by atoms with E-state index in [1.54, 1.807) is 10.9 Å². The number of hydrogen-bond acceptors (Lipinski definition) is 3. The van der Waals surface area contributed by atoms with Gasteiger partial charge in [0, 0.05) is 12.1 Å². The maximum Gasteiger partial charge on any atom is 0.0856 e. The van der Waals surface area contributed by atoms with Gasteiger partial charge < -0.3 is 5.32 Å². The third-order valence-corrected chi connectivity index (χ3v) is 3.07. The molecule has 1 aromatic heterocycles. The van der Waals surface area contributed by atoms with Gasteiger partial charge in [-0.05, 0) is 45.4 Å². The lowest BCUT2D eigenvalue weighted by Crippen LogP contribution is -2.35. The standard InChI is InChI=1S/C14H19ClN4/c1-10-5-6-12(15)13(7-10)19-11(9-17-18-19)8-16-14(2,3)4/h5-7,9,16H,8H2,1-4H3. The van der Waals surface area contributed by atoms with Gasteiger partial charge in [-0.1, -0.05) is 22.9 Å². The average Bonchev–Trinajstić information content (AvgIpc) is 2.77. The summed E-state index contributed by atoms with van der Waals surface area (Å²) in [4.78, 5) is 0. The van der Waals surface area contributed by atoms with Crippen molar-refractivity contribution in [2.24, 2.45) is 0 Å². The summed E-state index contributed by atoms with van der Waals surface area (Å²) in [6.07, 6.45) is 1.76. The molecule has 4 nitrogen and oxygen atoms in total. The van der Waals surface area contributed by atoms with Crippen molar-refractivity contribution in [3.05, 3.63) is 40.7 Å². The van der Waals surface area contributed by atoms with Crippen LogP contribution in [0.1, 0.15) is 32.0 Å². The molecule has 0 aliphatic heterocycles. The molecular formula is C14H19ClN4. The first-order valence-electron chi connectivity index (χ1n) is 6.28. The molecule has 0 radical (unpaired) electrons. The molecular weight excluding hydrogens is 260 g/mol. The summed E-state index contributed by atoms with van der Waals surface area (Å²) in [5.41, 5.74) is 3.04.